The summed E-state index contributed by atoms with van der Waals surface area (Å²) in [4.78, 5) is 12.6. The van der Waals surface area contributed by atoms with E-state index in [1.165, 1.54) is 0 Å². The van der Waals surface area contributed by atoms with Crippen LogP contribution in [0.3, 0.4) is 0 Å². The SMILES string of the molecule is CCOc1cccc(C(=O)C2C(C)OC(C)C2C)c1. The molecular formula is C16H22O3. The lowest BCUT2D eigenvalue weighted by molar-refractivity contribution is 0.0491. The molecule has 0 amide bonds. The summed E-state index contributed by atoms with van der Waals surface area (Å²) in [7, 11) is 0. The summed E-state index contributed by atoms with van der Waals surface area (Å²) < 4.78 is 11.2. The van der Waals surface area contributed by atoms with Gasteiger partial charge >= 0.3 is 0 Å². The zero-order valence-electron chi connectivity index (χ0n) is 12.1. The minimum absolute atomic E-state index is 0.0201. The van der Waals surface area contributed by atoms with Crippen molar-refractivity contribution in [3.63, 3.8) is 0 Å². The van der Waals surface area contributed by atoms with E-state index in [9.17, 15) is 4.79 Å². The molecule has 104 valence electrons. The molecule has 1 saturated heterocycles. The number of carbonyl (C=O) groups is 1. The molecule has 0 aromatic heterocycles. The first kappa shape index (κ1) is 14.1. The monoisotopic (exact) mass is 262 g/mol. The topological polar surface area (TPSA) is 35.5 Å². The van der Waals surface area contributed by atoms with Crippen LogP contribution in [-0.2, 0) is 4.74 Å². The van der Waals surface area contributed by atoms with E-state index in [0.717, 1.165) is 5.75 Å². The first-order chi connectivity index (χ1) is 9.04. The van der Waals surface area contributed by atoms with Gasteiger partial charge < -0.3 is 9.47 Å². The molecule has 2 rings (SSSR count). The quantitative estimate of drug-likeness (QED) is 0.781. The molecule has 1 aliphatic heterocycles. The fraction of sp³-hybridized carbons (Fsp3) is 0.562. The van der Waals surface area contributed by atoms with Crippen LogP contribution in [0.5, 0.6) is 5.75 Å². The molecule has 1 aromatic rings. The average molecular weight is 262 g/mol. The van der Waals surface area contributed by atoms with E-state index in [1.54, 1.807) is 0 Å². The number of rotatable bonds is 4. The second-order valence-corrected chi connectivity index (χ2v) is 5.26. The predicted octanol–water partition coefficient (Wildman–Crippen LogP) is 3.33. The summed E-state index contributed by atoms with van der Waals surface area (Å²) in [6.07, 6.45) is 0.118. The lowest BCUT2D eigenvalue weighted by Crippen LogP contribution is -2.26. The Balaban J connectivity index is 2.22. The zero-order valence-corrected chi connectivity index (χ0v) is 12.1. The number of ketones is 1. The van der Waals surface area contributed by atoms with Gasteiger partial charge in [0.15, 0.2) is 5.78 Å². The van der Waals surface area contributed by atoms with Crippen molar-refractivity contribution in [3.05, 3.63) is 29.8 Å². The molecule has 1 fully saturated rings. The van der Waals surface area contributed by atoms with E-state index in [-0.39, 0.29) is 29.8 Å². The average Bonchev–Trinajstić information content (AvgIpc) is 2.63. The minimum Gasteiger partial charge on any atom is -0.494 e. The minimum atomic E-state index is -0.0631. The molecule has 1 heterocycles. The van der Waals surface area contributed by atoms with Gasteiger partial charge in [-0.25, -0.2) is 0 Å². The largest absolute Gasteiger partial charge is 0.494 e. The second kappa shape index (κ2) is 5.74. The molecule has 0 radical (unpaired) electrons. The van der Waals surface area contributed by atoms with Gasteiger partial charge in [-0.2, -0.15) is 0 Å². The van der Waals surface area contributed by atoms with Crippen LogP contribution in [0.1, 0.15) is 38.1 Å². The Kier molecular flexibility index (Phi) is 4.25. The number of hydrogen-bond acceptors (Lipinski definition) is 3. The van der Waals surface area contributed by atoms with Gasteiger partial charge in [-0.3, -0.25) is 4.79 Å². The van der Waals surface area contributed by atoms with Gasteiger partial charge in [0.1, 0.15) is 5.75 Å². The fourth-order valence-electron chi connectivity index (χ4n) is 2.82. The van der Waals surface area contributed by atoms with Crippen molar-refractivity contribution < 1.29 is 14.3 Å². The smallest absolute Gasteiger partial charge is 0.169 e. The summed E-state index contributed by atoms with van der Waals surface area (Å²) >= 11 is 0. The maximum absolute atomic E-state index is 12.6. The summed E-state index contributed by atoms with van der Waals surface area (Å²) in [5, 5.41) is 0. The van der Waals surface area contributed by atoms with E-state index in [1.807, 2.05) is 45.0 Å². The van der Waals surface area contributed by atoms with E-state index >= 15 is 0 Å². The Morgan fingerprint density at radius 3 is 2.58 bits per heavy atom. The standard InChI is InChI=1S/C16H22O3/c1-5-18-14-8-6-7-13(9-14)16(17)15-10(2)11(3)19-12(15)4/h6-12,15H,5H2,1-4H3. The normalized spacial score (nSPS) is 30.3. The lowest BCUT2D eigenvalue weighted by atomic mass is 9.83. The van der Waals surface area contributed by atoms with Crippen LogP contribution in [0.25, 0.3) is 0 Å². The summed E-state index contributed by atoms with van der Waals surface area (Å²) in [6, 6.07) is 7.43. The summed E-state index contributed by atoms with van der Waals surface area (Å²) in [5.41, 5.74) is 0.715. The zero-order chi connectivity index (χ0) is 14.0. The number of carbonyl (C=O) groups excluding carboxylic acids is 1. The van der Waals surface area contributed by atoms with Gasteiger partial charge in [-0.15, -0.1) is 0 Å². The van der Waals surface area contributed by atoms with Gasteiger partial charge in [0.2, 0.25) is 0 Å². The van der Waals surface area contributed by atoms with Crippen molar-refractivity contribution in [3.8, 4) is 5.75 Å². The summed E-state index contributed by atoms with van der Waals surface area (Å²) in [6.45, 7) is 8.64. The van der Waals surface area contributed by atoms with Gasteiger partial charge in [-0.05, 0) is 38.8 Å². The van der Waals surface area contributed by atoms with E-state index in [2.05, 4.69) is 6.92 Å². The highest BCUT2D eigenvalue weighted by molar-refractivity contribution is 5.98. The van der Waals surface area contributed by atoms with Gasteiger partial charge in [0, 0.05) is 5.56 Å². The maximum Gasteiger partial charge on any atom is 0.169 e. The number of benzene rings is 1. The van der Waals surface area contributed by atoms with Crippen LogP contribution in [0, 0.1) is 11.8 Å². The van der Waals surface area contributed by atoms with Crippen molar-refractivity contribution in [2.45, 2.75) is 39.9 Å². The first-order valence-corrected chi connectivity index (χ1v) is 6.97. The third-order valence-electron chi connectivity index (χ3n) is 3.97. The third kappa shape index (κ3) is 2.81. The van der Waals surface area contributed by atoms with Crippen molar-refractivity contribution in [2.24, 2.45) is 11.8 Å². The van der Waals surface area contributed by atoms with Gasteiger partial charge in [-0.1, -0.05) is 19.1 Å². The second-order valence-electron chi connectivity index (χ2n) is 5.26. The molecule has 0 N–H and O–H groups in total. The Morgan fingerprint density at radius 1 is 1.26 bits per heavy atom. The molecular weight excluding hydrogens is 240 g/mol. The van der Waals surface area contributed by atoms with Crippen molar-refractivity contribution in [2.75, 3.05) is 6.61 Å². The van der Waals surface area contributed by atoms with Crippen LogP contribution in [0.4, 0.5) is 0 Å². The lowest BCUT2D eigenvalue weighted by Gasteiger charge is -2.17. The van der Waals surface area contributed by atoms with E-state index in [4.69, 9.17) is 9.47 Å². The van der Waals surface area contributed by atoms with Crippen molar-refractivity contribution in [1.82, 2.24) is 0 Å². The molecule has 1 aromatic carbocycles. The molecule has 1 aliphatic rings. The molecule has 3 heteroatoms. The molecule has 0 bridgehead atoms. The van der Waals surface area contributed by atoms with Crippen LogP contribution in [0.2, 0.25) is 0 Å². The Bertz CT molecular complexity index is 455. The molecule has 0 spiro atoms. The van der Waals surface area contributed by atoms with Crippen LogP contribution in [0.15, 0.2) is 24.3 Å². The first-order valence-electron chi connectivity index (χ1n) is 6.97. The Hall–Kier alpha value is -1.35. The van der Waals surface area contributed by atoms with E-state index < -0.39 is 0 Å². The number of Topliss-reactive ketones (excluding diaryl/α,β-unsaturated/α-hetero) is 1. The molecule has 3 nitrogen and oxygen atoms in total. The van der Waals surface area contributed by atoms with Crippen molar-refractivity contribution in [1.29, 1.82) is 0 Å². The number of ether oxygens (including phenoxy) is 2. The third-order valence-corrected chi connectivity index (χ3v) is 3.97. The molecule has 4 atom stereocenters. The Labute approximate surface area is 114 Å². The van der Waals surface area contributed by atoms with Gasteiger partial charge in [0.05, 0.1) is 24.7 Å². The fourth-order valence-corrected chi connectivity index (χ4v) is 2.82. The van der Waals surface area contributed by atoms with Crippen LogP contribution >= 0.6 is 0 Å². The van der Waals surface area contributed by atoms with Crippen LogP contribution in [-0.4, -0.2) is 24.6 Å². The highest BCUT2D eigenvalue weighted by Gasteiger charge is 2.41. The van der Waals surface area contributed by atoms with E-state index in [0.29, 0.717) is 12.2 Å². The molecule has 0 saturated carbocycles. The summed E-state index contributed by atoms with van der Waals surface area (Å²) in [5.74, 6) is 1.09. The maximum atomic E-state index is 12.6. The van der Waals surface area contributed by atoms with Gasteiger partial charge in [0.25, 0.3) is 0 Å². The highest BCUT2D eigenvalue weighted by atomic mass is 16.5. The Morgan fingerprint density at radius 2 is 2.00 bits per heavy atom. The van der Waals surface area contributed by atoms with Crippen molar-refractivity contribution >= 4 is 5.78 Å². The molecule has 4 unspecified atom stereocenters. The molecule has 19 heavy (non-hydrogen) atoms. The van der Waals surface area contributed by atoms with Crippen LogP contribution < -0.4 is 4.74 Å². The highest BCUT2D eigenvalue weighted by Crippen LogP contribution is 2.34. The predicted molar refractivity (Wildman–Crippen MR) is 74.6 cm³/mol. The number of hydrogen-bond donors (Lipinski definition) is 0. The molecule has 0 aliphatic carbocycles.